The fourth-order valence-corrected chi connectivity index (χ4v) is 1.79. The van der Waals surface area contributed by atoms with E-state index in [9.17, 15) is 4.79 Å². The minimum atomic E-state index is -0.402. The largest absolute Gasteiger partial charge is 0.493 e. The molecule has 25 heavy (non-hydrogen) atoms. The zero-order valence-corrected chi connectivity index (χ0v) is 16.2. The lowest BCUT2D eigenvalue weighted by atomic mass is 10.1. The van der Waals surface area contributed by atoms with Crippen molar-refractivity contribution in [2.75, 3.05) is 35.0 Å². The summed E-state index contributed by atoms with van der Waals surface area (Å²) < 4.78 is 20.7. The molecule has 6 heteroatoms. The van der Waals surface area contributed by atoms with Crippen LogP contribution in [0.4, 0.5) is 0 Å². The first-order valence-electron chi connectivity index (χ1n) is 7.77. The zero-order chi connectivity index (χ0) is 19.8. The van der Waals surface area contributed by atoms with Crippen molar-refractivity contribution in [2.45, 2.75) is 20.3 Å². The van der Waals surface area contributed by atoms with Crippen molar-refractivity contribution in [3.05, 3.63) is 42.5 Å². The maximum absolute atomic E-state index is 11.6. The van der Waals surface area contributed by atoms with E-state index in [-0.39, 0.29) is 0 Å². The molecule has 0 aliphatic rings. The van der Waals surface area contributed by atoms with E-state index in [0.29, 0.717) is 35.8 Å². The first-order chi connectivity index (χ1) is 12.0. The summed E-state index contributed by atoms with van der Waals surface area (Å²) in [7, 11) is 6.13. The Morgan fingerprint density at radius 3 is 1.88 bits per heavy atom. The summed E-state index contributed by atoms with van der Waals surface area (Å²) in [4.78, 5) is 11.6. The molecule has 6 nitrogen and oxygen atoms in total. The zero-order valence-electron chi connectivity index (χ0n) is 16.2. The van der Waals surface area contributed by atoms with Gasteiger partial charge < -0.3 is 24.7 Å². The molecule has 1 aromatic rings. The molecule has 0 amide bonds. The summed E-state index contributed by atoms with van der Waals surface area (Å²) in [6.45, 7) is 11.1. The molecule has 0 atom stereocenters. The Kier molecular flexibility index (Phi) is 14.9. The van der Waals surface area contributed by atoms with E-state index >= 15 is 0 Å². The van der Waals surface area contributed by atoms with E-state index in [1.165, 1.54) is 14.2 Å². The lowest BCUT2D eigenvalue weighted by molar-refractivity contribution is -0.138. The summed E-state index contributed by atoms with van der Waals surface area (Å²) in [6, 6.07) is 3.57. The van der Waals surface area contributed by atoms with E-state index < -0.39 is 5.97 Å². The number of carbonyl (C=O) groups excluding carboxylic acids is 1. The standard InChI is InChI=1S/C15H20O5.C3H6.CH5N/c1-6-20-15(16)10(2)7-11-8-12(17-3)14(19-5)13(9-11)18-4;1-3-2;1-2/h8-9H,2,6-7H2,1,3-5H3;3H,1H2,2H3;2H2,1H3. The highest BCUT2D eigenvalue weighted by Crippen LogP contribution is 2.38. The quantitative estimate of drug-likeness (QED) is 0.461. The average molecular weight is 353 g/mol. The molecule has 0 aromatic heterocycles. The molecule has 0 saturated carbocycles. The molecular formula is C19H31NO5. The fraction of sp³-hybridized carbons (Fsp3) is 0.421. The van der Waals surface area contributed by atoms with E-state index in [1.54, 1.807) is 39.4 Å². The van der Waals surface area contributed by atoms with Gasteiger partial charge in [0.1, 0.15) is 0 Å². The molecule has 0 unspecified atom stereocenters. The van der Waals surface area contributed by atoms with Gasteiger partial charge in [0, 0.05) is 12.0 Å². The number of ether oxygens (including phenoxy) is 4. The summed E-state index contributed by atoms with van der Waals surface area (Å²) in [5.41, 5.74) is 5.71. The average Bonchev–Trinajstić information content (AvgIpc) is 2.63. The Morgan fingerprint density at radius 2 is 1.56 bits per heavy atom. The van der Waals surface area contributed by atoms with Crippen LogP contribution in [-0.2, 0) is 16.0 Å². The van der Waals surface area contributed by atoms with Gasteiger partial charge in [0.05, 0.1) is 27.9 Å². The summed E-state index contributed by atoms with van der Waals surface area (Å²) >= 11 is 0. The summed E-state index contributed by atoms with van der Waals surface area (Å²) in [5.74, 6) is 1.19. The van der Waals surface area contributed by atoms with Gasteiger partial charge in [-0.1, -0.05) is 12.7 Å². The molecule has 0 spiro atoms. The van der Waals surface area contributed by atoms with Crippen LogP contribution in [0.2, 0.25) is 0 Å². The highest BCUT2D eigenvalue weighted by molar-refractivity contribution is 5.88. The second-order valence-corrected chi connectivity index (χ2v) is 4.44. The van der Waals surface area contributed by atoms with Gasteiger partial charge in [-0.15, -0.1) is 6.58 Å². The number of hydrogen-bond acceptors (Lipinski definition) is 6. The Hall–Kier alpha value is -2.47. The third-order valence-corrected chi connectivity index (χ3v) is 2.71. The monoisotopic (exact) mass is 353 g/mol. The normalized spacial score (nSPS) is 8.60. The molecule has 0 heterocycles. The number of carbonyl (C=O) groups is 1. The van der Waals surface area contributed by atoms with Crippen molar-refractivity contribution < 1.29 is 23.7 Å². The molecule has 0 radical (unpaired) electrons. The van der Waals surface area contributed by atoms with E-state index in [1.807, 2.05) is 6.92 Å². The molecule has 0 fully saturated rings. The van der Waals surface area contributed by atoms with Crippen molar-refractivity contribution >= 4 is 5.97 Å². The SMILES string of the molecule is C=C(Cc1cc(OC)c(OC)c(OC)c1)C(=O)OCC.C=CC.CN. The predicted octanol–water partition coefficient (Wildman–Crippen LogP) is 3.14. The van der Waals surface area contributed by atoms with Crippen molar-refractivity contribution in [1.29, 1.82) is 0 Å². The summed E-state index contributed by atoms with van der Waals surface area (Å²) in [5, 5.41) is 0. The second-order valence-electron chi connectivity index (χ2n) is 4.44. The van der Waals surface area contributed by atoms with Crippen molar-refractivity contribution in [1.82, 2.24) is 0 Å². The number of benzene rings is 1. The maximum Gasteiger partial charge on any atom is 0.333 e. The molecule has 1 aromatic carbocycles. The maximum atomic E-state index is 11.6. The van der Waals surface area contributed by atoms with E-state index in [0.717, 1.165) is 5.56 Å². The minimum Gasteiger partial charge on any atom is -0.493 e. The first-order valence-corrected chi connectivity index (χ1v) is 7.77. The van der Waals surface area contributed by atoms with Crippen molar-refractivity contribution in [2.24, 2.45) is 5.73 Å². The Balaban J connectivity index is 0. The van der Waals surface area contributed by atoms with Gasteiger partial charge in [-0.25, -0.2) is 4.79 Å². The molecule has 1 rings (SSSR count). The number of hydrogen-bond donors (Lipinski definition) is 1. The van der Waals surface area contributed by atoms with Gasteiger partial charge in [0.25, 0.3) is 0 Å². The van der Waals surface area contributed by atoms with Crippen LogP contribution in [-0.4, -0.2) is 41.0 Å². The van der Waals surface area contributed by atoms with Crippen LogP contribution in [0.3, 0.4) is 0 Å². The fourth-order valence-electron chi connectivity index (χ4n) is 1.79. The highest BCUT2D eigenvalue weighted by atomic mass is 16.5. The third kappa shape index (κ3) is 8.81. The van der Waals surface area contributed by atoms with Gasteiger partial charge >= 0.3 is 5.97 Å². The van der Waals surface area contributed by atoms with Crippen LogP contribution in [0, 0.1) is 0 Å². The minimum absolute atomic E-state index is 0.326. The van der Waals surface area contributed by atoms with Gasteiger partial charge in [-0.2, -0.15) is 0 Å². The summed E-state index contributed by atoms with van der Waals surface area (Å²) in [6.07, 6.45) is 2.11. The first kappa shape index (κ1) is 24.8. The number of esters is 1. The van der Waals surface area contributed by atoms with Gasteiger partial charge in [0.2, 0.25) is 5.75 Å². The number of allylic oxidation sites excluding steroid dienone is 1. The topological polar surface area (TPSA) is 80.0 Å². The van der Waals surface area contributed by atoms with Crippen molar-refractivity contribution in [3.63, 3.8) is 0 Å². The van der Waals surface area contributed by atoms with Gasteiger partial charge in [-0.05, 0) is 38.6 Å². The van der Waals surface area contributed by atoms with Crippen molar-refractivity contribution in [3.8, 4) is 17.2 Å². The van der Waals surface area contributed by atoms with Crippen LogP contribution in [0.15, 0.2) is 36.9 Å². The van der Waals surface area contributed by atoms with Gasteiger partial charge in [0.15, 0.2) is 11.5 Å². The highest BCUT2D eigenvalue weighted by Gasteiger charge is 2.15. The molecular weight excluding hydrogens is 322 g/mol. The molecule has 0 saturated heterocycles. The molecule has 0 aliphatic carbocycles. The number of nitrogens with two attached hydrogens (primary N) is 1. The van der Waals surface area contributed by atoms with Crippen LogP contribution >= 0.6 is 0 Å². The third-order valence-electron chi connectivity index (χ3n) is 2.71. The Morgan fingerprint density at radius 1 is 1.12 bits per heavy atom. The molecule has 2 N–H and O–H groups in total. The van der Waals surface area contributed by atoms with Gasteiger partial charge in [-0.3, -0.25) is 0 Å². The van der Waals surface area contributed by atoms with Crippen LogP contribution < -0.4 is 19.9 Å². The smallest absolute Gasteiger partial charge is 0.333 e. The Labute approximate surface area is 151 Å². The lowest BCUT2D eigenvalue weighted by Crippen LogP contribution is -2.09. The van der Waals surface area contributed by atoms with E-state index in [4.69, 9.17) is 18.9 Å². The number of methoxy groups -OCH3 is 3. The van der Waals surface area contributed by atoms with E-state index in [2.05, 4.69) is 18.9 Å². The van der Waals surface area contributed by atoms with Crippen LogP contribution in [0.1, 0.15) is 19.4 Å². The Bertz CT molecular complexity index is 516. The second kappa shape index (κ2) is 15.1. The lowest BCUT2D eigenvalue weighted by Gasteiger charge is -2.14. The number of rotatable bonds is 7. The molecule has 0 bridgehead atoms. The van der Waals surface area contributed by atoms with Crippen LogP contribution in [0.5, 0.6) is 17.2 Å². The van der Waals surface area contributed by atoms with Crippen LogP contribution in [0.25, 0.3) is 0 Å². The molecule has 142 valence electrons. The molecule has 0 aliphatic heterocycles. The predicted molar refractivity (Wildman–Crippen MR) is 102 cm³/mol.